The average Bonchev–Trinajstić information content (AvgIpc) is 2.47. The third-order valence-electron chi connectivity index (χ3n) is 1.51. The van der Waals surface area contributed by atoms with Crippen molar-refractivity contribution in [3.8, 4) is 0 Å². The molecular formula is C5H10O3S2. The zero-order valence-electron chi connectivity index (χ0n) is 5.65. The molecule has 5 heteroatoms. The van der Waals surface area contributed by atoms with E-state index in [1.165, 1.54) is 6.92 Å². The van der Waals surface area contributed by atoms with Gasteiger partial charge >= 0.3 is 0 Å². The molecule has 0 aromatic carbocycles. The molecule has 1 heterocycles. The molecule has 1 N–H and O–H groups in total. The Morgan fingerprint density at radius 3 is 2.60 bits per heavy atom. The summed E-state index contributed by atoms with van der Waals surface area (Å²) in [6.45, 7) is 1.54. The fraction of sp³-hybridized carbons (Fsp3) is 1.00. The minimum Gasteiger partial charge on any atom is -0.285 e. The van der Waals surface area contributed by atoms with Crippen LogP contribution in [-0.4, -0.2) is 29.2 Å². The molecule has 1 aliphatic rings. The summed E-state index contributed by atoms with van der Waals surface area (Å²) in [5.74, 6) is 1.04. The molecular weight excluding hydrogens is 172 g/mol. The van der Waals surface area contributed by atoms with Crippen LogP contribution >= 0.6 is 11.8 Å². The van der Waals surface area contributed by atoms with Crippen molar-refractivity contribution in [2.45, 2.75) is 23.8 Å². The van der Waals surface area contributed by atoms with Gasteiger partial charge in [-0.3, -0.25) is 4.55 Å². The standard InChI is InChI=1S/C5H10O3S2/c1-4(10(6,7)8)2-5-3-9-5/h4-5H,2-3H2,1H3,(H,6,7,8). The number of hydrogen-bond acceptors (Lipinski definition) is 3. The summed E-state index contributed by atoms with van der Waals surface area (Å²) in [6, 6.07) is 0. The Balaban J connectivity index is 2.40. The number of thioether (sulfide) groups is 1. The van der Waals surface area contributed by atoms with Crippen molar-refractivity contribution in [1.29, 1.82) is 0 Å². The van der Waals surface area contributed by atoms with E-state index in [0.717, 1.165) is 5.75 Å². The summed E-state index contributed by atoms with van der Waals surface area (Å²) in [7, 11) is -3.77. The van der Waals surface area contributed by atoms with Gasteiger partial charge in [0, 0.05) is 11.0 Å². The van der Waals surface area contributed by atoms with E-state index in [9.17, 15) is 8.42 Å². The minimum absolute atomic E-state index is 0.469. The number of hydrogen-bond donors (Lipinski definition) is 1. The molecule has 0 bridgehead atoms. The fourth-order valence-electron chi connectivity index (χ4n) is 0.696. The predicted molar refractivity (Wildman–Crippen MR) is 41.9 cm³/mol. The molecule has 0 radical (unpaired) electrons. The van der Waals surface area contributed by atoms with Crippen molar-refractivity contribution in [1.82, 2.24) is 0 Å². The van der Waals surface area contributed by atoms with Crippen molar-refractivity contribution in [3.05, 3.63) is 0 Å². The second-order valence-electron chi connectivity index (χ2n) is 2.52. The highest BCUT2D eigenvalue weighted by atomic mass is 32.2. The first-order chi connectivity index (χ1) is 4.50. The maximum Gasteiger partial charge on any atom is 0.267 e. The van der Waals surface area contributed by atoms with E-state index in [1.54, 1.807) is 11.8 Å². The van der Waals surface area contributed by atoms with Gasteiger partial charge in [0.2, 0.25) is 0 Å². The van der Waals surface area contributed by atoms with Gasteiger partial charge in [0.25, 0.3) is 10.1 Å². The lowest BCUT2D eigenvalue weighted by Crippen LogP contribution is -2.17. The Morgan fingerprint density at radius 2 is 2.30 bits per heavy atom. The molecule has 2 unspecified atom stereocenters. The molecule has 1 fully saturated rings. The van der Waals surface area contributed by atoms with E-state index >= 15 is 0 Å². The van der Waals surface area contributed by atoms with Gasteiger partial charge in [-0.05, 0) is 13.3 Å². The van der Waals surface area contributed by atoms with E-state index in [4.69, 9.17) is 4.55 Å². The maximum absolute atomic E-state index is 10.4. The molecule has 0 aromatic heterocycles. The second-order valence-corrected chi connectivity index (χ2v) is 5.68. The molecule has 1 rings (SSSR count). The van der Waals surface area contributed by atoms with Crippen LogP contribution in [0.1, 0.15) is 13.3 Å². The van der Waals surface area contributed by atoms with Crippen LogP contribution in [0.15, 0.2) is 0 Å². The van der Waals surface area contributed by atoms with Gasteiger partial charge < -0.3 is 0 Å². The normalized spacial score (nSPS) is 28.0. The fourth-order valence-corrected chi connectivity index (χ4v) is 1.99. The van der Waals surface area contributed by atoms with Crippen molar-refractivity contribution < 1.29 is 13.0 Å². The summed E-state index contributed by atoms with van der Waals surface area (Å²) in [5.41, 5.74) is 0. The Labute approximate surface area is 64.9 Å². The quantitative estimate of drug-likeness (QED) is 0.517. The van der Waals surface area contributed by atoms with Gasteiger partial charge in [0.05, 0.1) is 5.25 Å². The smallest absolute Gasteiger partial charge is 0.267 e. The molecule has 1 aliphatic heterocycles. The second kappa shape index (κ2) is 2.71. The molecule has 2 atom stereocenters. The Morgan fingerprint density at radius 1 is 1.80 bits per heavy atom. The lowest BCUT2D eigenvalue weighted by Gasteiger charge is -2.04. The summed E-state index contributed by atoms with van der Waals surface area (Å²) < 4.78 is 29.4. The first kappa shape index (κ1) is 8.36. The van der Waals surface area contributed by atoms with Crippen LogP contribution in [0.25, 0.3) is 0 Å². The Bertz CT molecular complexity index is 205. The lowest BCUT2D eigenvalue weighted by atomic mass is 10.3. The van der Waals surface area contributed by atoms with E-state index in [0.29, 0.717) is 11.7 Å². The highest BCUT2D eigenvalue weighted by molar-refractivity contribution is 8.06. The number of rotatable bonds is 3. The van der Waals surface area contributed by atoms with E-state index in [-0.39, 0.29) is 0 Å². The molecule has 60 valence electrons. The predicted octanol–water partition coefficient (Wildman–Crippen LogP) is 0.768. The van der Waals surface area contributed by atoms with Gasteiger partial charge in [-0.15, -0.1) is 0 Å². The zero-order chi connectivity index (χ0) is 7.78. The van der Waals surface area contributed by atoms with Crippen molar-refractivity contribution in [2.75, 3.05) is 5.75 Å². The van der Waals surface area contributed by atoms with E-state index in [1.807, 2.05) is 0 Å². The van der Waals surface area contributed by atoms with Crippen LogP contribution in [0.5, 0.6) is 0 Å². The highest BCUT2D eigenvalue weighted by Crippen LogP contribution is 2.34. The highest BCUT2D eigenvalue weighted by Gasteiger charge is 2.29. The average molecular weight is 182 g/mol. The third kappa shape index (κ3) is 2.48. The van der Waals surface area contributed by atoms with Gasteiger partial charge in [-0.1, -0.05) is 0 Å². The SMILES string of the molecule is CC(CC1CS1)S(=O)(=O)O. The monoisotopic (exact) mass is 182 g/mol. The third-order valence-corrected chi connectivity index (χ3v) is 3.71. The van der Waals surface area contributed by atoms with Crippen molar-refractivity contribution in [3.63, 3.8) is 0 Å². The molecule has 3 nitrogen and oxygen atoms in total. The van der Waals surface area contributed by atoms with Gasteiger partial charge in [0.15, 0.2) is 0 Å². The zero-order valence-corrected chi connectivity index (χ0v) is 7.28. The van der Waals surface area contributed by atoms with Crippen LogP contribution in [0.4, 0.5) is 0 Å². The topological polar surface area (TPSA) is 54.4 Å². The first-order valence-electron chi connectivity index (χ1n) is 3.08. The molecule has 0 aliphatic carbocycles. The van der Waals surface area contributed by atoms with Crippen molar-refractivity contribution in [2.24, 2.45) is 0 Å². The molecule has 0 aromatic rings. The van der Waals surface area contributed by atoms with Gasteiger partial charge in [-0.2, -0.15) is 20.2 Å². The molecule has 10 heavy (non-hydrogen) atoms. The summed E-state index contributed by atoms with van der Waals surface area (Å²) in [4.78, 5) is 0. The Hall–Kier alpha value is 0.260. The molecule has 0 amide bonds. The van der Waals surface area contributed by atoms with E-state index in [2.05, 4.69) is 0 Å². The van der Waals surface area contributed by atoms with Gasteiger partial charge in [-0.25, -0.2) is 0 Å². The van der Waals surface area contributed by atoms with Crippen LogP contribution < -0.4 is 0 Å². The summed E-state index contributed by atoms with van der Waals surface area (Å²) in [5, 5.41) is -0.121. The largest absolute Gasteiger partial charge is 0.285 e. The van der Waals surface area contributed by atoms with Crippen LogP contribution in [0.3, 0.4) is 0 Å². The molecule has 0 spiro atoms. The van der Waals surface area contributed by atoms with Gasteiger partial charge in [0.1, 0.15) is 0 Å². The molecule has 0 saturated carbocycles. The van der Waals surface area contributed by atoms with Crippen LogP contribution in [0.2, 0.25) is 0 Å². The minimum atomic E-state index is -3.77. The lowest BCUT2D eigenvalue weighted by molar-refractivity contribution is 0.467. The maximum atomic E-state index is 10.4. The molecule has 1 saturated heterocycles. The Kier molecular flexibility index (Phi) is 2.27. The van der Waals surface area contributed by atoms with Crippen molar-refractivity contribution >= 4 is 21.9 Å². The summed E-state index contributed by atoms with van der Waals surface area (Å²) >= 11 is 1.74. The summed E-state index contributed by atoms with van der Waals surface area (Å²) in [6.07, 6.45) is 0.587. The first-order valence-corrected chi connectivity index (χ1v) is 5.63. The van der Waals surface area contributed by atoms with Crippen LogP contribution in [0, 0.1) is 0 Å². The van der Waals surface area contributed by atoms with E-state index < -0.39 is 15.4 Å². The van der Waals surface area contributed by atoms with Crippen LogP contribution in [-0.2, 0) is 10.1 Å².